The highest BCUT2D eigenvalue weighted by molar-refractivity contribution is 7.88. The number of rotatable bonds is 13. The molecule has 0 saturated carbocycles. The van der Waals surface area contributed by atoms with Gasteiger partial charge in [0.1, 0.15) is 34.3 Å². The van der Waals surface area contributed by atoms with Gasteiger partial charge in [-0.05, 0) is 49.9 Å². The van der Waals surface area contributed by atoms with Gasteiger partial charge in [0.25, 0.3) is 0 Å². The van der Waals surface area contributed by atoms with Gasteiger partial charge in [0.05, 0.1) is 45.0 Å². The van der Waals surface area contributed by atoms with Crippen LogP contribution in [0, 0.1) is 17.5 Å². The molecule has 2 aliphatic rings. The summed E-state index contributed by atoms with van der Waals surface area (Å²) in [6, 6.07) is 4.33. The van der Waals surface area contributed by atoms with Crippen LogP contribution in [0.25, 0.3) is 0 Å². The van der Waals surface area contributed by atoms with Crippen LogP contribution in [0.2, 0.25) is 0 Å². The van der Waals surface area contributed by atoms with Gasteiger partial charge in [0, 0.05) is 50.7 Å². The molecule has 0 radical (unpaired) electrons. The van der Waals surface area contributed by atoms with Crippen LogP contribution < -0.4 is 36.3 Å². The van der Waals surface area contributed by atoms with Crippen LogP contribution >= 0.6 is 0 Å². The van der Waals surface area contributed by atoms with Gasteiger partial charge in [-0.15, -0.1) is 0 Å². The number of carbonyl (C=O) groups excluding carboxylic acids is 2. The topological polar surface area (TPSA) is 264 Å². The highest BCUT2D eigenvalue weighted by Gasteiger charge is 2.30. The fourth-order valence-electron chi connectivity index (χ4n) is 6.62. The Kier molecular flexibility index (Phi) is 14.6. The minimum Gasteiger partial charge on any atom is -0.496 e. The molecule has 0 atom stereocenters. The summed E-state index contributed by atoms with van der Waals surface area (Å²) >= 11 is 0. The molecule has 0 spiro atoms. The van der Waals surface area contributed by atoms with E-state index in [4.69, 9.17) is 25.7 Å². The summed E-state index contributed by atoms with van der Waals surface area (Å²) in [4.78, 5) is 42.1. The molecular formula is C37H45F3N10O9S2. The summed E-state index contributed by atoms with van der Waals surface area (Å²) in [5, 5.41) is 6.16. The lowest BCUT2D eigenvalue weighted by atomic mass is 10.0. The van der Waals surface area contributed by atoms with E-state index >= 15 is 0 Å². The fourth-order valence-corrected chi connectivity index (χ4v) is 8.36. The number of anilines is 4. The van der Waals surface area contributed by atoms with Crippen molar-refractivity contribution in [2.24, 2.45) is 0 Å². The summed E-state index contributed by atoms with van der Waals surface area (Å²) in [7, 11) is -2.62. The second-order valence-corrected chi connectivity index (χ2v) is 17.9. The Morgan fingerprint density at radius 2 is 1.05 bits per heavy atom. The Morgan fingerprint density at radius 3 is 1.43 bits per heavy atom. The summed E-state index contributed by atoms with van der Waals surface area (Å²) in [6.45, 7) is 1.51. The van der Waals surface area contributed by atoms with Gasteiger partial charge in [0.15, 0.2) is 23.2 Å². The van der Waals surface area contributed by atoms with E-state index in [9.17, 15) is 39.6 Å². The summed E-state index contributed by atoms with van der Waals surface area (Å²) < 4.78 is 106. The molecule has 0 unspecified atom stereocenters. The normalized spacial score (nSPS) is 15.6. The molecule has 330 valence electrons. The molecule has 0 amide bonds. The number of sulfonamides is 2. The van der Waals surface area contributed by atoms with Gasteiger partial charge in [-0.3, -0.25) is 9.59 Å². The number of benzene rings is 2. The Morgan fingerprint density at radius 1 is 0.656 bits per heavy atom. The Hall–Kier alpha value is -5.85. The molecule has 0 aliphatic carbocycles. The zero-order valence-corrected chi connectivity index (χ0v) is 35.4. The maximum atomic E-state index is 14.2. The first-order valence-electron chi connectivity index (χ1n) is 18.5. The lowest BCUT2D eigenvalue weighted by Crippen LogP contribution is -2.42. The summed E-state index contributed by atoms with van der Waals surface area (Å²) in [5.41, 5.74) is 10.9. The number of piperidine rings is 2. The largest absolute Gasteiger partial charge is 0.496 e. The Labute approximate surface area is 350 Å². The first kappa shape index (κ1) is 46.2. The number of ketones is 2. The number of nitrogens with one attached hydrogen (secondary N) is 2. The Balaban J connectivity index is 0.000000231. The number of halogens is 3. The van der Waals surface area contributed by atoms with E-state index in [-0.39, 0.29) is 69.6 Å². The minimum absolute atomic E-state index is 0.0281. The third-order valence-corrected chi connectivity index (χ3v) is 12.5. The van der Waals surface area contributed by atoms with E-state index in [1.54, 1.807) is 0 Å². The van der Waals surface area contributed by atoms with Crippen molar-refractivity contribution in [2.75, 3.05) is 82.1 Å². The van der Waals surface area contributed by atoms with Gasteiger partial charge in [0.2, 0.25) is 43.5 Å². The molecule has 6 rings (SSSR count). The number of hydrogen-bond donors (Lipinski definition) is 4. The predicted octanol–water partition coefficient (Wildman–Crippen LogP) is 2.69. The fraction of sp³-hybridized carbons (Fsp3) is 0.405. The van der Waals surface area contributed by atoms with E-state index in [0.717, 1.165) is 30.7 Å². The van der Waals surface area contributed by atoms with Crippen LogP contribution in [0.5, 0.6) is 17.2 Å². The molecule has 6 N–H and O–H groups in total. The number of nitrogens with two attached hydrogens (primary N) is 2. The quantitative estimate of drug-likeness (QED) is 0.141. The number of ether oxygens (including phenoxy) is 3. The predicted molar refractivity (Wildman–Crippen MR) is 218 cm³/mol. The third kappa shape index (κ3) is 10.9. The lowest BCUT2D eigenvalue weighted by molar-refractivity contribution is 0.102. The van der Waals surface area contributed by atoms with Crippen molar-refractivity contribution in [3.63, 3.8) is 0 Å². The van der Waals surface area contributed by atoms with Crippen LogP contribution in [0.1, 0.15) is 57.5 Å². The maximum Gasteiger partial charge on any atom is 0.224 e. The van der Waals surface area contributed by atoms with E-state index in [1.165, 1.54) is 48.5 Å². The average molecular weight is 895 g/mol. The molecule has 24 heteroatoms. The van der Waals surface area contributed by atoms with Crippen molar-refractivity contribution in [1.29, 1.82) is 0 Å². The molecule has 4 heterocycles. The van der Waals surface area contributed by atoms with Crippen molar-refractivity contribution in [2.45, 2.75) is 37.8 Å². The molecule has 4 aromatic rings. The molecule has 2 aromatic heterocycles. The highest BCUT2D eigenvalue weighted by atomic mass is 32.2. The van der Waals surface area contributed by atoms with Crippen LogP contribution in [0.15, 0.2) is 36.7 Å². The third-order valence-electron chi connectivity index (χ3n) is 9.86. The smallest absolute Gasteiger partial charge is 0.224 e. The molecular weight excluding hydrogens is 850 g/mol. The number of nitrogen functional groups attached to an aromatic ring is 2. The number of carbonyl (C=O) groups is 2. The molecule has 19 nitrogen and oxygen atoms in total. The first-order valence-corrected chi connectivity index (χ1v) is 22.2. The van der Waals surface area contributed by atoms with Crippen LogP contribution in [-0.4, -0.2) is 129 Å². The van der Waals surface area contributed by atoms with E-state index in [2.05, 4.69) is 30.6 Å². The monoisotopic (exact) mass is 894 g/mol. The summed E-state index contributed by atoms with van der Waals surface area (Å²) in [6.07, 6.45) is 6.97. The van der Waals surface area contributed by atoms with E-state index < -0.39 is 54.6 Å². The van der Waals surface area contributed by atoms with Crippen LogP contribution in [0.3, 0.4) is 0 Å². The number of methoxy groups -OCH3 is 3. The van der Waals surface area contributed by atoms with Gasteiger partial charge in [-0.1, -0.05) is 0 Å². The highest BCUT2D eigenvalue weighted by Crippen LogP contribution is 2.34. The minimum atomic E-state index is -3.23. The SMILES string of the molecule is COc1ccc(F)c(F)c1C(=O)c1cnc(NC2CCN(S(C)(=O)=O)CC2)nc1N.COc1ccc(F)c(OC)c1C(=O)c1cnc(NC2CCN(S(C)(=O)=O)CC2)nc1N. The lowest BCUT2D eigenvalue weighted by Gasteiger charge is -2.30. The standard InChI is InChI=1S/C19H24FN5O5S.C18H21F2N5O4S/c1-29-14-5-4-13(20)17(30-2)15(14)16(26)12-10-22-19(24-18(12)21)23-11-6-8-25(9-7-11)31(3,27)28;1-29-13-4-3-12(19)15(20)14(13)16(26)11-9-22-18(24-17(11)21)23-10-5-7-25(8-6-10)30(2,27)28/h4-5,10-11H,6-9H2,1-3H3,(H3,21,22,23,24);3-4,9-10H,5-8H2,1-2H3,(H3,21,22,23,24). The second kappa shape index (κ2) is 19.2. The van der Waals surface area contributed by atoms with E-state index in [1.807, 2.05) is 0 Å². The Bertz CT molecular complexity index is 2500. The van der Waals surface area contributed by atoms with Gasteiger partial charge in [-0.25, -0.2) is 48.6 Å². The maximum absolute atomic E-state index is 14.2. The zero-order valence-electron chi connectivity index (χ0n) is 33.7. The van der Waals surface area contributed by atoms with Crippen molar-refractivity contribution in [3.8, 4) is 17.2 Å². The number of hydrogen-bond acceptors (Lipinski definition) is 17. The van der Waals surface area contributed by atoms with Crippen molar-refractivity contribution in [1.82, 2.24) is 28.5 Å². The van der Waals surface area contributed by atoms with Crippen molar-refractivity contribution >= 4 is 55.1 Å². The van der Waals surface area contributed by atoms with E-state index in [0.29, 0.717) is 51.9 Å². The molecule has 2 fully saturated rings. The van der Waals surface area contributed by atoms with Gasteiger partial charge >= 0.3 is 0 Å². The average Bonchev–Trinajstić information content (AvgIpc) is 3.21. The molecule has 2 saturated heterocycles. The van der Waals surface area contributed by atoms with Crippen molar-refractivity contribution in [3.05, 3.63) is 76.4 Å². The zero-order chi connectivity index (χ0) is 44.8. The second-order valence-electron chi connectivity index (χ2n) is 13.9. The molecule has 61 heavy (non-hydrogen) atoms. The van der Waals surface area contributed by atoms with Crippen LogP contribution in [0.4, 0.5) is 36.7 Å². The van der Waals surface area contributed by atoms with Gasteiger partial charge < -0.3 is 36.3 Å². The number of aromatic nitrogens is 4. The number of nitrogens with zero attached hydrogens (tertiary/aromatic N) is 6. The molecule has 0 bridgehead atoms. The first-order chi connectivity index (χ1) is 28.8. The molecule has 2 aliphatic heterocycles. The van der Waals surface area contributed by atoms with Crippen LogP contribution in [-0.2, 0) is 20.0 Å². The molecule has 2 aromatic carbocycles. The van der Waals surface area contributed by atoms with Crippen molar-refractivity contribution < 1.29 is 53.8 Å². The summed E-state index contributed by atoms with van der Waals surface area (Å²) in [5.74, 6) is -5.03. The van der Waals surface area contributed by atoms with Gasteiger partial charge in [-0.2, -0.15) is 9.97 Å².